The zero-order valence-corrected chi connectivity index (χ0v) is 19.2. The molecule has 0 aliphatic carbocycles. The molecule has 0 atom stereocenters. The molecular formula is C28H20N2O7. The third kappa shape index (κ3) is 6.37. The summed E-state index contributed by atoms with van der Waals surface area (Å²) >= 11 is 0. The normalized spacial score (nSPS) is 10.6. The van der Waals surface area contributed by atoms with Crippen molar-refractivity contribution < 1.29 is 34.1 Å². The molecule has 0 bridgehead atoms. The first kappa shape index (κ1) is 24.7. The summed E-state index contributed by atoms with van der Waals surface area (Å²) in [5, 5.41) is 23.1. The Morgan fingerprint density at radius 1 is 0.730 bits per heavy atom. The molecule has 0 saturated carbocycles. The number of phenolic OH excluding ortho intramolecular Hbond substituents is 2. The van der Waals surface area contributed by atoms with E-state index in [4.69, 9.17) is 9.47 Å². The summed E-state index contributed by atoms with van der Waals surface area (Å²) in [6, 6.07) is 24.5. The smallest absolute Gasteiger partial charge is 0.343 e. The first-order valence-electron chi connectivity index (χ1n) is 10.9. The summed E-state index contributed by atoms with van der Waals surface area (Å²) < 4.78 is 10.9. The number of carbonyl (C=O) groups is 3. The second kappa shape index (κ2) is 11.3. The Labute approximate surface area is 211 Å². The maximum absolute atomic E-state index is 12.7. The minimum Gasteiger partial charge on any atom is -0.508 e. The molecule has 0 unspecified atom stereocenters. The van der Waals surface area contributed by atoms with E-state index in [2.05, 4.69) is 10.5 Å². The minimum atomic E-state index is -0.731. The van der Waals surface area contributed by atoms with Crippen LogP contribution in [0.3, 0.4) is 0 Å². The Hall–Kier alpha value is -5.44. The van der Waals surface area contributed by atoms with Gasteiger partial charge in [-0.25, -0.2) is 15.0 Å². The summed E-state index contributed by atoms with van der Waals surface area (Å²) in [6.07, 6.45) is 1.23. The Morgan fingerprint density at radius 3 is 1.97 bits per heavy atom. The SMILES string of the molecule is O=C(Oc1ccc(C=NNC(=O)c2ccc(O)cc2O)c(OC(=O)c2ccccc2)c1)c1ccccc1. The highest BCUT2D eigenvalue weighted by molar-refractivity contribution is 5.98. The first-order chi connectivity index (χ1) is 17.9. The number of nitrogens with one attached hydrogen (secondary N) is 1. The molecule has 0 saturated heterocycles. The number of esters is 2. The number of ether oxygens (including phenoxy) is 2. The Morgan fingerprint density at radius 2 is 1.35 bits per heavy atom. The van der Waals surface area contributed by atoms with Crippen LogP contribution in [0, 0.1) is 0 Å². The molecule has 0 spiro atoms. The average molecular weight is 496 g/mol. The molecule has 9 nitrogen and oxygen atoms in total. The van der Waals surface area contributed by atoms with Crippen LogP contribution in [0.4, 0.5) is 0 Å². The number of carbonyl (C=O) groups excluding carboxylic acids is 3. The molecule has 4 aromatic rings. The van der Waals surface area contributed by atoms with E-state index in [1.807, 2.05) is 0 Å². The molecule has 3 N–H and O–H groups in total. The van der Waals surface area contributed by atoms with E-state index in [9.17, 15) is 24.6 Å². The van der Waals surface area contributed by atoms with Crippen LogP contribution in [-0.4, -0.2) is 34.3 Å². The van der Waals surface area contributed by atoms with Gasteiger partial charge in [0.15, 0.2) is 0 Å². The monoisotopic (exact) mass is 496 g/mol. The molecular weight excluding hydrogens is 476 g/mol. The lowest BCUT2D eigenvalue weighted by Gasteiger charge is -2.10. The average Bonchev–Trinajstić information content (AvgIpc) is 2.90. The third-order valence-electron chi connectivity index (χ3n) is 5.01. The number of hydrogen-bond acceptors (Lipinski definition) is 8. The third-order valence-corrected chi connectivity index (χ3v) is 5.01. The summed E-state index contributed by atoms with van der Waals surface area (Å²) in [5.74, 6) is -2.45. The molecule has 0 aromatic heterocycles. The Bertz CT molecular complexity index is 1470. The topological polar surface area (TPSA) is 135 Å². The molecule has 0 fully saturated rings. The number of hydrazone groups is 1. The van der Waals surface area contributed by atoms with Gasteiger partial charge in [0, 0.05) is 17.7 Å². The number of rotatable bonds is 7. The fourth-order valence-corrected chi connectivity index (χ4v) is 3.18. The van der Waals surface area contributed by atoms with Crippen LogP contribution in [0.25, 0.3) is 0 Å². The van der Waals surface area contributed by atoms with Gasteiger partial charge in [-0.15, -0.1) is 0 Å². The zero-order chi connectivity index (χ0) is 26.2. The van der Waals surface area contributed by atoms with Crippen molar-refractivity contribution in [1.29, 1.82) is 0 Å². The highest BCUT2D eigenvalue weighted by Crippen LogP contribution is 2.26. The van der Waals surface area contributed by atoms with E-state index >= 15 is 0 Å². The van der Waals surface area contributed by atoms with Gasteiger partial charge in [-0.1, -0.05) is 36.4 Å². The molecule has 0 aliphatic rings. The predicted octanol–water partition coefficient (Wildman–Crippen LogP) is 4.30. The second-order valence-corrected chi connectivity index (χ2v) is 7.61. The van der Waals surface area contributed by atoms with Crippen LogP contribution in [-0.2, 0) is 0 Å². The van der Waals surface area contributed by atoms with Crippen LogP contribution in [0.5, 0.6) is 23.0 Å². The van der Waals surface area contributed by atoms with Gasteiger partial charge in [0.2, 0.25) is 0 Å². The van der Waals surface area contributed by atoms with Crippen LogP contribution < -0.4 is 14.9 Å². The summed E-state index contributed by atoms with van der Waals surface area (Å²) in [4.78, 5) is 37.4. The van der Waals surface area contributed by atoms with Crippen LogP contribution >= 0.6 is 0 Å². The largest absolute Gasteiger partial charge is 0.508 e. The van der Waals surface area contributed by atoms with Crippen molar-refractivity contribution in [2.45, 2.75) is 0 Å². The lowest BCUT2D eigenvalue weighted by Crippen LogP contribution is -2.18. The molecule has 4 rings (SSSR count). The van der Waals surface area contributed by atoms with E-state index in [-0.39, 0.29) is 22.8 Å². The van der Waals surface area contributed by atoms with Crippen LogP contribution in [0.1, 0.15) is 36.6 Å². The summed E-state index contributed by atoms with van der Waals surface area (Å²) in [6.45, 7) is 0. The van der Waals surface area contributed by atoms with E-state index < -0.39 is 23.6 Å². The summed E-state index contributed by atoms with van der Waals surface area (Å²) in [7, 11) is 0. The van der Waals surface area contributed by atoms with Gasteiger partial charge >= 0.3 is 11.9 Å². The number of phenols is 2. The number of benzene rings is 4. The molecule has 4 aromatic carbocycles. The van der Waals surface area contributed by atoms with Crippen molar-refractivity contribution in [2.24, 2.45) is 5.10 Å². The number of nitrogens with zero attached hydrogens (tertiary/aromatic N) is 1. The number of hydrogen-bond donors (Lipinski definition) is 3. The van der Waals surface area contributed by atoms with Gasteiger partial charge in [-0.2, -0.15) is 5.10 Å². The predicted molar refractivity (Wildman–Crippen MR) is 134 cm³/mol. The van der Waals surface area contributed by atoms with Crippen LogP contribution in [0.15, 0.2) is 102 Å². The number of amides is 1. The maximum atomic E-state index is 12.7. The van der Waals surface area contributed by atoms with E-state index in [0.29, 0.717) is 16.7 Å². The van der Waals surface area contributed by atoms with E-state index in [1.54, 1.807) is 60.7 Å². The van der Waals surface area contributed by atoms with Gasteiger partial charge in [-0.05, 0) is 48.5 Å². The van der Waals surface area contributed by atoms with Crippen molar-refractivity contribution in [1.82, 2.24) is 5.43 Å². The van der Waals surface area contributed by atoms with E-state index in [1.165, 1.54) is 36.5 Å². The minimum absolute atomic E-state index is 0.0256. The van der Waals surface area contributed by atoms with Crippen molar-refractivity contribution in [3.05, 3.63) is 119 Å². The lowest BCUT2D eigenvalue weighted by atomic mass is 10.2. The van der Waals surface area contributed by atoms with Crippen molar-refractivity contribution in [3.63, 3.8) is 0 Å². The van der Waals surface area contributed by atoms with Crippen LogP contribution in [0.2, 0.25) is 0 Å². The zero-order valence-electron chi connectivity index (χ0n) is 19.2. The van der Waals surface area contributed by atoms with Crippen molar-refractivity contribution in [2.75, 3.05) is 0 Å². The molecule has 0 aliphatic heterocycles. The van der Waals surface area contributed by atoms with Crippen molar-refractivity contribution >= 4 is 24.1 Å². The lowest BCUT2D eigenvalue weighted by molar-refractivity contribution is 0.0731. The first-order valence-corrected chi connectivity index (χ1v) is 10.9. The Kier molecular flexibility index (Phi) is 7.55. The molecule has 1 amide bonds. The second-order valence-electron chi connectivity index (χ2n) is 7.61. The van der Waals surface area contributed by atoms with Gasteiger partial charge in [0.25, 0.3) is 5.91 Å². The number of aromatic hydroxyl groups is 2. The molecule has 0 heterocycles. The fourth-order valence-electron chi connectivity index (χ4n) is 3.18. The van der Waals surface area contributed by atoms with Crippen molar-refractivity contribution in [3.8, 4) is 23.0 Å². The quantitative estimate of drug-likeness (QED) is 0.150. The molecule has 9 heteroatoms. The Balaban J connectivity index is 1.56. The maximum Gasteiger partial charge on any atom is 0.343 e. The fraction of sp³-hybridized carbons (Fsp3) is 0. The van der Waals surface area contributed by atoms with Gasteiger partial charge in [-0.3, -0.25) is 4.79 Å². The molecule has 184 valence electrons. The summed E-state index contributed by atoms with van der Waals surface area (Å²) in [5.41, 5.74) is 3.08. The van der Waals surface area contributed by atoms with Gasteiger partial charge in [0.1, 0.15) is 23.0 Å². The standard InChI is InChI=1S/C28H20N2O7/c31-21-12-14-23(24(32)15-21)26(33)30-29-17-20-11-13-22(36-27(34)18-7-3-1-4-8-18)16-25(20)37-28(35)19-9-5-2-6-10-19/h1-17,31-32H,(H,30,33). The van der Waals surface area contributed by atoms with Gasteiger partial charge in [0.05, 0.1) is 22.9 Å². The molecule has 37 heavy (non-hydrogen) atoms. The highest BCUT2D eigenvalue weighted by Gasteiger charge is 2.15. The van der Waals surface area contributed by atoms with E-state index in [0.717, 1.165) is 6.07 Å². The van der Waals surface area contributed by atoms with Gasteiger partial charge < -0.3 is 19.7 Å². The molecule has 0 radical (unpaired) electrons. The highest BCUT2D eigenvalue weighted by atomic mass is 16.5.